The molecule has 2 aliphatic heterocycles. The molecule has 1 aromatic rings. The summed E-state index contributed by atoms with van der Waals surface area (Å²) in [6.07, 6.45) is 4.39. The minimum atomic E-state index is -3.61. The van der Waals surface area contributed by atoms with Crippen LogP contribution >= 0.6 is 0 Å². The first-order valence-corrected chi connectivity index (χ1v) is 11.5. The van der Waals surface area contributed by atoms with Crippen molar-refractivity contribution in [2.24, 2.45) is 5.92 Å². The Labute approximate surface area is 167 Å². The molecule has 28 heavy (non-hydrogen) atoms. The summed E-state index contributed by atoms with van der Waals surface area (Å²) in [6.45, 7) is 3.74. The van der Waals surface area contributed by atoms with Crippen LogP contribution in [-0.2, 0) is 19.6 Å². The number of nitrogens with one attached hydrogen (secondary N) is 1. The van der Waals surface area contributed by atoms with E-state index in [2.05, 4.69) is 5.32 Å². The first-order chi connectivity index (χ1) is 13.4. The second-order valence-corrected chi connectivity index (χ2v) is 9.57. The Bertz CT molecular complexity index is 791. The Hall–Kier alpha value is -1.93. The van der Waals surface area contributed by atoms with E-state index in [1.807, 2.05) is 4.90 Å². The van der Waals surface area contributed by atoms with E-state index >= 15 is 0 Å². The molecular formula is C20H29N3O4S. The molecule has 0 radical (unpaired) electrons. The zero-order valence-corrected chi connectivity index (χ0v) is 17.2. The zero-order chi connectivity index (χ0) is 20.1. The number of carbonyl (C=O) groups excluding carboxylic acids is 2. The van der Waals surface area contributed by atoms with Gasteiger partial charge in [0.25, 0.3) is 0 Å². The van der Waals surface area contributed by atoms with Gasteiger partial charge < -0.3 is 10.2 Å². The lowest BCUT2D eigenvalue weighted by Crippen LogP contribution is -2.52. The molecule has 2 aliphatic rings. The van der Waals surface area contributed by atoms with Crippen LogP contribution in [0.15, 0.2) is 35.2 Å². The number of hydrogen-bond acceptors (Lipinski definition) is 4. The van der Waals surface area contributed by atoms with Crippen molar-refractivity contribution in [2.45, 2.75) is 50.0 Å². The molecule has 1 aromatic carbocycles. The third-order valence-corrected chi connectivity index (χ3v) is 7.41. The molecule has 2 saturated heterocycles. The summed E-state index contributed by atoms with van der Waals surface area (Å²) in [7, 11) is -3.61. The minimum absolute atomic E-state index is 0.0578. The normalized spacial score (nSPS) is 22.5. The van der Waals surface area contributed by atoms with Crippen LogP contribution in [0.3, 0.4) is 0 Å². The van der Waals surface area contributed by atoms with Crippen molar-refractivity contribution < 1.29 is 18.0 Å². The smallest absolute Gasteiger partial charge is 0.244 e. The first kappa shape index (κ1) is 20.8. The Morgan fingerprint density at radius 3 is 2.39 bits per heavy atom. The highest BCUT2D eigenvalue weighted by Gasteiger charge is 2.34. The fourth-order valence-corrected chi connectivity index (χ4v) is 5.44. The van der Waals surface area contributed by atoms with Crippen LogP contribution in [-0.4, -0.2) is 61.7 Å². The van der Waals surface area contributed by atoms with Crippen LogP contribution in [0.1, 0.15) is 39.0 Å². The quantitative estimate of drug-likeness (QED) is 0.803. The number of hydrogen-bond donors (Lipinski definition) is 1. The summed E-state index contributed by atoms with van der Waals surface area (Å²) in [5.74, 6) is -0.743. The number of benzene rings is 1. The van der Waals surface area contributed by atoms with E-state index in [4.69, 9.17) is 0 Å². The van der Waals surface area contributed by atoms with Gasteiger partial charge in [-0.1, -0.05) is 18.2 Å². The molecule has 0 bridgehead atoms. The van der Waals surface area contributed by atoms with Crippen molar-refractivity contribution in [3.05, 3.63) is 30.3 Å². The molecule has 2 amide bonds. The number of carbonyl (C=O) groups is 2. The van der Waals surface area contributed by atoms with Crippen molar-refractivity contribution in [1.82, 2.24) is 14.5 Å². The molecule has 8 heteroatoms. The SMILES string of the molecule is CC(NC(=O)C1CCCN(S(=O)(=O)c2ccccc2)C1)C(=O)N1CCCCC1. The molecule has 0 saturated carbocycles. The van der Waals surface area contributed by atoms with Crippen molar-refractivity contribution in [3.8, 4) is 0 Å². The van der Waals surface area contributed by atoms with Crippen molar-refractivity contribution in [1.29, 1.82) is 0 Å². The molecule has 3 rings (SSSR count). The Morgan fingerprint density at radius 2 is 1.71 bits per heavy atom. The highest BCUT2D eigenvalue weighted by Crippen LogP contribution is 2.24. The first-order valence-electron chi connectivity index (χ1n) is 10.0. The van der Waals surface area contributed by atoms with E-state index in [0.717, 1.165) is 32.4 Å². The van der Waals surface area contributed by atoms with Crippen LogP contribution in [0.4, 0.5) is 0 Å². The standard InChI is InChI=1S/C20H29N3O4S/c1-16(20(25)22-12-6-3-7-13-22)21-19(24)17-9-8-14-23(15-17)28(26,27)18-10-4-2-5-11-18/h2,4-5,10-11,16-17H,3,6-9,12-15H2,1H3,(H,21,24). The molecule has 154 valence electrons. The second kappa shape index (κ2) is 9.05. The van der Waals surface area contributed by atoms with E-state index in [1.165, 1.54) is 4.31 Å². The fraction of sp³-hybridized carbons (Fsp3) is 0.600. The number of amides is 2. The van der Waals surface area contributed by atoms with Gasteiger partial charge in [-0.15, -0.1) is 0 Å². The van der Waals surface area contributed by atoms with Gasteiger partial charge in [0.05, 0.1) is 10.8 Å². The molecule has 0 spiro atoms. The van der Waals surface area contributed by atoms with Gasteiger partial charge in [-0.25, -0.2) is 8.42 Å². The van der Waals surface area contributed by atoms with E-state index < -0.39 is 22.0 Å². The summed E-state index contributed by atoms with van der Waals surface area (Å²) in [5, 5.41) is 2.81. The topological polar surface area (TPSA) is 86.8 Å². The maximum Gasteiger partial charge on any atom is 0.244 e. The van der Waals surface area contributed by atoms with Gasteiger partial charge in [0, 0.05) is 26.2 Å². The monoisotopic (exact) mass is 407 g/mol. The maximum atomic E-state index is 12.8. The summed E-state index contributed by atoms with van der Waals surface area (Å²) < 4.78 is 27.0. The molecule has 2 atom stereocenters. The van der Waals surface area contributed by atoms with Gasteiger partial charge >= 0.3 is 0 Å². The van der Waals surface area contributed by atoms with Gasteiger partial charge in [-0.2, -0.15) is 4.31 Å². The largest absolute Gasteiger partial charge is 0.344 e. The predicted octanol–water partition coefficient (Wildman–Crippen LogP) is 1.60. The van der Waals surface area contributed by atoms with E-state index in [-0.39, 0.29) is 23.3 Å². The number of piperidine rings is 2. The maximum absolute atomic E-state index is 12.8. The number of nitrogens with zero attached hydrogens (tertiary/aromatic N) is 2. The summed E-state index contributed by atoms with van der Waals surface area (Å²) in [4.78, 5) is 27.3. The summed E-state index contributed by atoms with van der Waals surface area (Å²) in [6, 6.07) is 7.69. The third kappa shape index (κ3) is 4.72. The lowest BCUT2D eigenvalue weighted by Gasteiger charge is -2.33. The highest BCUT2D eigenvalue weighted by atomic mass is 32.2. The average molecular weight is 408 g/mol. The number of rotatable bonds is 5. The van der Waals surface area contributed by atoms with Crippen molar-refractivity contribution in [3.63, 3.8) is 0 Å². The zero-order valence-electron chi connectivity index (χ0n) is 16.3. The van der Waals surface area contributed by atoms with Gasteiger partial charge in [0.15, 0.2) is 0 Å². The highest BCUT2D eigenvalue weighted by molar-refractivity contribution is 7.89. The lowest BCUT2D eigenvalue weighted by atomic mass is 9.98. The Kier molecular flexibility index (Phi) is 6.72. The Balaban J connectivity index is 1.60. The second-order valence-electron chi connectivity index (χ2n) is 7.63. The van der Waals surface area contributed by atoms with Crippen molar-refractivity contribution >= 4 is 21.8 Å². The molecular weight excluding hydrogens is 378 g/mol. The van der Waals surface area contributed by atoms with Gasteiger partial charge in [0.2, 0.25) is 21.8 Å². The van der Waals surface area contributed by atoms with Crippen LogP contribution in [0.25, 0.3) is 0 Å². The molecule has 2 heterocycles. The number of sulfonamides is 1. The Morgan fingerprint density at radius 1 is 1.04 bits per heavy atom. The lowest BCUT2D eigenvalue weighted by molar-refractivity contribution is -0.138. The summed E-state index contributed by atoms with van der Waals surface area (Å²) in [5.41, 5.74) is 0. The fourth-order valence-electron chi connectivity index (χ4n) is 3.90. The van der Waals surface area contributed by atoms with Crippen LogP contribution in [0.5, 0.6) is 0 Å². The van der Waals surface area contributed by atoms with Gasteiger partial charge in [0.1, 0.15) is 6.04 Å². The van der Waals surface area contributed by atoms with E-state index in [1.54, 1.807) is 37.3 Å². The molecule has 2 fully saturated rings. The van der Waals surface area contributed by atoms with Gasteiger partial charge in [-0.05, 0) is 51.2 Å². The molecule has 7 nitrogen and oxygen atoms in total. The molecule has 1 N–H and O–H groups in total. The van der Waals surface area contributed by atoms with Crippen LogP contribution in [0, 0.1) is 5.92 Å². The van der Waals surface area contributed by atoms with E-state index in [9.17, 15) is 18.0 Å². The third-order valence-electron chi connectivity index (χ3n) is 5.53. The summed E-state index contributed by atoms with van der Waals surface area (Å²) >= 11 is 0. The predicted molar refractivity (Wildman–Crippen MR) is 106 cm³/mol. The van der Waals surface area contributed by atoms with Gasteiger partial charge in [-0.3, -0.25) is 9.59 Å². The van der Waals surface area contributed by atoms with Crippen LogP contribution < -0.4 is 5.32 Å². The number of likely N-dealkylation sites (tertiary alicyclic amines) is 1. The van der Waals surface area contributed by atoms with E-state index in [0.29, 0.717) is 19.4 Å². The minimum Gasteiger partial charge on any atom is -0.344 e. The molecule has 0 aromatic heterocycles. The van der Waals surface area contributed by atoms with Crippen LogP contribution in [0.2, 0.25) is 0 Å². The van der Waals surface area contributed by atoms with Crippen molar-refractivity contribution in [2.75, 3.05) is 26.2 Å². The molecule has 0 aliphatic carbocycles. The average Bonchev–Trinajstić information content (AvgIpc) is 2.74. The molecule has 2 unspecified atom stereocenters.